The average Bonchev–Trinajstić information content (AvgIpc) is 2.40. The van der Waals surface area contributed by atoms with Gasteiger partial charge in [0.15, 0.2) is 0 Å². The average molecular weight is 264 g/mol. The van der Waals surface area contributed by atoms with Crippen LogP contribution in [0.15, 0.2) is 24.3 Å². The van der Waals surface area contributed by atoms with Gasteiger partial charge in [-0.2, -0.15) is 0 Å². The first-order chi connectivity index (χ1) is 9.00. The third-order valence-corrected chi connectivity index (χ3v) is 3.71. The highest BCUT2D eigenvalue weighted by Crippen LogP contribution is 2.19. The predicted molar refractivity (Wildman–Crippen MR) is 81.0 cm³/mol. The van der Waals surface area contributed by atoms with Crippen LogP contribution in [0.25, 0.3) is 0 Å². The normalized spacial score (nSPS) is 14.6. The summed E-state index contributed by atoms with van der Waals surface area (Å²) in [4.78, 5) is 2.18. The molecule has 0 bridgehead atoms. The van der Waals surface area contributed by atoms with Gasteiger partial charge in [0.1, 0.15) is 0 Å². The van der Waals surface area contributed by atoms with E-state index in [9.17, 15) is 5.11 Å². The minimum absolute atomic E-state index is 0.0174. The van der Waals surface area contributed by atoms with E-state index in [2.05, 4.69) is 62.4 Å². The molecule has 3 nitrogen and oxygen atoms in total. The van der Waals surface area contributed by atoms with Crippen LogP contribution in [0.3, 0.4) is 0 Å². The van der Waals surface area contributed by atoms with E-state index in [0.29, 0.717) is 0 Å². The van der Waals surface area contributed by atoms with Crippen LogP contribution in [0, 0.1) is 5.41 Å². The molecule has 1 aromatic carbocycles. The van der Waals surface area contributed by atoms with E-state index in [1.165, 1.54) is 11.1 Å². The molecular formula is C16H28N2O. The summed E-state index contributed by atoms with van der Waals surface area (Å²) in [5.74, 6) is 0. The fourth-order valence-electron chi connectivity index (χ4n) is 2.02. The lowest BCUT2D eigenvalue weighted by molar-refractivity contribution is 0.135. The van der Waals surface area contributed by atoms with Crippen LogP contribution in [0.1, 0.15) is 31.4 Å². The van der Waals surface area contributed by atoms with Crippen LogP contribution in [0.4, 0.5) is 0 Å². The monoisotopic (exact) mass is 264 g/mol. The fraction of sp³-hybridized carbons (Fsp3) is 0.625. The Kier molecular flexibility index (Phi) is 6.49. The van der Waals surface area contributed by atoms with Gasteiger partial charge in [-0.3, -0.25) is 0 Å². The van der Waals surface area contributed by atoms with Gasteiger partial charge in [-0.15, -0.1) is 0 Å². The number of aliphatic hydroxyl groups is 1. The zero-order chi connectivity index (χ0) is 14.3. The second-order valence-electron chi connectivity index (χ2n) is 5.93. The molecule has 0 heterocycles. The summed E-state index contributed by atoms with van der Waals surface area (Å²) in [5, 5.41) is 12.9. The highest BCUT2D eigenvalue weighted by atomic mass is 16.3. The molecule has 3 heteroatoms. The maximum Gasteiger partial charge on any atom is 0.0496 e. The summed E-state index contributed by atoms with van der Waals surface area (Å²) in [7, 11) is 4.17. The molecule has 0 amide bonds. The molecule has 0 radical (unpaired) electrons. The number of aliphatic hydroxyl groups excluding tert-OH is 1. The predicted octanol–water partition coefficient (Wildman–Crippen LogP) is 2.25. The van der Waals surface area contributed by atoms with Crippen LogP contribution in [-0.2, 0) is 13.1 Å². The molecule has 0 aliphatic rings. The van der Waals surface area contributed by atoms with E-state index in [4.69, 9.17) is 0 Å². The van der Waals surface area contributed by atoms with E-state index in [1.54, 1.807) is 0 Å². The Morgan fingerprint density at radius 3 is 2.37 bits per heavy atom. The van der Waals surface area contributed by atoms with Gasteiger partial charge >= 0.3 is 0 Å². The third-order valence-electron chi connectivity index (χ3n) is 3.71. The molecule has 1 unspecified atom stereocenters. The Labute approximate surface area is 117 Å². The summed E-state index contributed by atoms with van der Waals surface area (Å²) >= 11 is 0. The number of rotatable bonds is 8. The molecule has 0 fully saturated rings. The Morgan fingerprint density at radius 2 is 1.84 bits per heavy atom. The summed E-state index contributed by atoms with van der Waals surface area (Å²) in [5.41, 5.74) is 2.69. The maximum absolute atomic E-state index is 9.41. The molecule has 0 aromatic heterocycles. The number of nitrogens with zero attached hydrogens (tertiary/aromatic N) is 1. The highest BCUT2D eigenvalue weighted by molar-refractivity contribution is 5.26. The molecule has 0 saturated heterocycles. The van der Waals surface area contributed by atoms with E-state index in [1.807, 2.05) is 0 Å². The SMILES string of the molecule is CCC(C)(CO)CNCc1ccccc1CN(C)C. The molecule has 0 spiro atoms. The molecule has 0 aliphatic carbocycles. The molecule has 2 N–H and O–H groups in total. The lowest BCUT2D eigenvalue weighted by Gasteiger charge is -2.26. The molecule has 108 valence electrons. The van der Waals surface area contributed by atoms with Crippen molar-refractivity contribution in [2.45, 2.75) is 33.4 Å². The van der Waals surface area contributed by atoms with Crippen molar-refractivity contribution in [2.24, 2.45) is 5.41 Å². The number of hydrogen-bond donors (Lipinski definition) is 2. The van der Waals surface area contributed by atoms with E-state index in [0.717, 1.165) is 26.1 Å². The van der Waals surface area contributed by atoms with Gasteiger partial charge < -0.3 is 15.3 Å². The van der Waals surface area contributed by atoms with Crippen LogP contribution in [-0.4, -0.2) is 37.3 Å². The smallest absolute Gasteiger partial charge is 0.0496 e. The third kappa shape index (κ3) is 5.31. The van der Waals surface area contributed by atoms with Crippen LogP contribution in [0.5, 0.6) is 0 Å². The molecule has 1 aromatic rings. The molecule has 0 saturated carbocycles. The van der Waals surface area contributed by atoms with Gasteiger partial charge in [0.25, 0.3) is 0 Å². The van der Waals surface area contributed by atoms with Gasteiger partial charge in [-0.25, -0.2) is 0 Å². The topological polar surface area (TPSA) is 35.5 Å². The highest BCUT2D eigenvalue weighted by Gasteiger charge is 2.20. The first-order valence-corrected chi connectivity index (χ1v) is 7.04. The quantitative estimate of drug-likeness (QED) is 0.756. The van der Waals surface area contributed by atoms with Crippen molar-refractivity contribution in [1.29, 1.82) is 0 Å². The van der Waals surface area contributed by atoms with E-state index < -0.39 is 0 Å². The zero-order valence-corrected chi connectivity index (χ0v) is 12.7. The molecule has 19 heavy (non-hydrogen) atoms. The molecule has 1 atom stereocenters. The van der Waals surface area contributed by atoms with Crippen molar-refractivity contribution in [2.75, 3.05) is 27.2 Å². The standard InChI is InChI=1S/C16H28N2O/c1-5-16(2,13-19)12-17-10-14-8-6-7-9-15(14)11-18(3)4/h6-9,17,19H,5,10-13H2,1-4H3. The van der Waals surface area contributed by atoms with E-state index >= 15 is 0 Å². The van der Waals surface area contributed by atoms with Crippen molar-refractivity contribution in [3.8, 4) is 0 Å². The molecule has 0 aliphatic heterocycles. The van der Waals surface area contributed by atoms with Gasteiger partial charge in [0.05, 0.1) is 0 Å². The number of benzene rings is 1. The van der Waals surface area contributed by atoms with Crippen molar-refractivity contribution < 1.29 is 5.11 Å². The van der Waals surface area contributed by atoms with Crippen molar-refractivity contribution in [1.82, 2.24) is 10.2 Å². The second kappa shape index (κ2) is 7.63. The summed E-state index contributed by atoms with van der Waals surface area (Å²) in [6, 6.07) is 8.53. The minimum Gasteiger partial charge on any atom is -0.396 e. The Balaban J connectivity index is 2.58. The number of nitrogens with one attached hydrogen (secondary N) is 1. The van der Waals surface area contributed by atoms with Crippen molar-refractivity contribution in [3.05, 3.63) is 35.4 Å². The first-order valence-electron chi connectivity index (χ1n) is 7.04. The second-order valence-corrected chi connectivity index (χ2v) is 5.93. The van der Waals surface area contributed by atoms with Gasteiger partial charge in [-0.05, 0) is 31.6 Å². The van der Waals surface area contributed by atoms with Gasteiger partial charge in [0.2, 0.25) is 0 Å². The Hall–Kier alpha value is -0.900. The summed E-state index contributed by atoms with van der Waals surface area (Å²) in [6.45, 7) is 7.14. The molecular weight excluding hydrogens is 236 g/mol. The summed E-state index contributed by atoms with van der Waals surface area (Å²) < 4.78 is 0. The van der Waals surface area contributed by atoms with Crippen molar-refractivity contribution >= 4 is 0 Å². The molecule has 1 rings (SSSR count). The van der Waals surface area contributed by atoms with Crippen molar-refractivity contribution in [3.63, 3.8) is 0 Å². The maximum atomic E-state index is 9.41. The Bertz CT molecular complexity index is 373. The lowest BCUT2D eigenvalue weighted by atomic mass is 9.88. The lowest BCUT2D eigenvalue weighted by Crippen LogP contribution is -2.34. The van der Waals surface area contributed by atoms with Gasteiger partial charge in [0, 0.05) is 31.7 Å². The first kappa shape index (κ1) is 16.2. The largest absolute Gasteiger partial charge is 0.396 e. The number of hydrogen-bond acceptors (Lipinski definition) is 3. The van der Waals surface area contributed by atoms with Gasteiger partial charge in [-0.1, -0.05) is 38.1 Å². The van der Waals surface area contributed by atoms with Crippen LogP contribution in [0.2, 0.25) is 0 Å². The Morgan fingerprint density at radius 1 is 1.21 bits per heavy atom. The van der Waals surface area contributed by atoms with E-state index in [-0.39, 0.29) is 12.0 Å². The van der Waals surface area contributed by atoms with Crippen LogP contribution >= 0.6 is 0 Å². The summed E-state index contributed by atoms with van der Waals surface area (Å²) in [6.07, 6.45) is 0.982. The zero-order valence-electron chi connectivity index (χ0n) is 12.7. The van der Waals surface area contributed by atoms with Crippen LogP contribution < -0.4 is 5.32 Å². The fourth-order valence-corrected chi connectivity index (χ4v) is 2.02. The minimum atomic E-state index is -0.0174.